The first-order valence-electron chi connectivity index (χ1n) is 8.24. The molecule has 1 heterocycles. The summed E-state index contributed by atoms with van der Waals surface area (Å²) in [5.74, 6) is 0.284. The summed E-state index contributed by atoms with van der Waals surface area (Å²) in [7, 11) is 0. The van der Waals surface area contributed by atoms with Crippen LogP contribution in [0.5, 0.6) is 0 Å². The van der Waals surface area contributed by atoms with Gasteiger partial charge in [-0.25, -0.2) is 0 Å². The number of carbonyl (C=O) groups excluding carboxylic acids is 1. The van der Waals surface area contributed by atoms with E-state index in [1.807, 2.05) is 0 Å². The Kier molecular flexibility index (Phi) is 6.28. The third-order valence-corrected chi connectivity index (χ3v) is 4.08. The lowest BCUT2D eigenvalue weighted by Crippen LogP contribution is -2.48. The van der Waals surface area contributed by atoms with Crippen LogP contribution in [0.2, 0.25) is 0 Å². The van der Waals surface area contributed by atoms with Gasteiger partial charge in [-0.05, 0) is 18.9 Å². The predicted molar refractivity (Wildman–Crippen MR) is 91.2 cm³/mol. The fourth-order valence-corrected chi connectivity index (χ4v) is 2.96. The number of hydrogen-bond donors (Lipinski definition) is 1. The molecule has 0 saturated carbocycles. The average Bonchev–Trinajstić information content (AvgIpc) is 2.52. The number of rotatable bonds is 6. The number of benzene rings is 1. The molecule has 0 spiro atoms. The van der Waals surface area contributed by atoms with E-state index < -0.39 is 4.92 Å². The Bertz CT molecular complexity index is 603. The minimum absolute atomic E-state index is 0.0420. The van der Waals surface area contributed by atoms with Gasteiger partial charge in [0.25, 0.3) is 11.6 Å². The van der Waals surface area contributed by atoms with Crippen molar-refractivity contribution in [3.05, 3.63) is 39.4 Å². The lowest BCUT2D eigenvalue weighted by Gasteiger charge is -2.34. The summed E-state index contributed by atoms with van der Waals surface area (Å²) >= 11 is 0. The summed E-state index contributed by atoms with van der Waals surface area (Å²) in [6.07, 6.45) is -0.0551. The topological polar surface area (TPSA) is 84.7 Å². The van der Waals surface area contributed by atoms with Crippen LogP contribution >= 0.6 is 0 Å². The van der Waals surface area contributed by atoms with Crippen molar-refractivity contribution in [2.24, 2.45) is 5.92 Å². The molecule has 1 unspecified atom stereocenters. The molecule has 1 N–H and O–H groups in total. The van der Waals surface area contributed by atoms with Crippen molar-refractivity contribution in [3.8, 4) is 0 Å². The van der Waals surface area contributed by atoms with E-state index in [1.165, 1.54) is 12.1 Å². The fraction of sp³-hybridized carbons (Fsp3) is 0.588. The van der Waals surface area contributed by atoms with Gasteiger partial charge < -0.3 is 10.1 Å². The van der Waals surface area contributed by atoms with Gasteiger partial charge in [0, 0.05) is 43.4 Å². The molecule has 0 radical (unpaired) electrons. The van der Waals surface area contributed by atoms with Crippen LogP contribution in [-0.2, 0) is 4.74 Å². The second kappa shape index (κ2) is 8.21. The number of nitrogens with one attached hydrogen (secondary N) is 1. The van der Waals surface area contributed by atoms with Crippen LogP contribution < -0.4 is 5.32 Å². The van der Waals surface area contributed by atoms with Crippen LogP contribution in [0, 0.1) is 23.0 Å². The molecule has 1 aliphatic heterocycles. The standard InChI is InChI=1S/C17H25N3O4/c1-12(2)10-19-7-8-24-14(11-19)9-18-17(21)15-5-4-6-16(13(15)3)20(22)23/h4-6,12,14H,7-11H2,1-3H3,(H,18,21). The molecule has 1 aliphatic rings. The number of nitrogens with zero attached hydrogens (tertiary/aromatic N) is 2. The summed E-state index contributed by atoms with van der Waals surface area (Å²) in [5.41, 5.74) is 0.671. The van der Waals surface area contributed by atoms with Crippen LogP contribution in [-0.4, -0.2) is 54.6 Å². The molecule has 1 amide bonds. The van der Waals surface area contributed by atoms with Crippen molar-refractivity contribution in [2.75, 3.05) is 32.8 Å². The van der Waals surface area contributed by atoms with Gasteiger partial charge in [-0.15, -0.1) is 0 Å². The molecule has 1 atom stereocenters. The maximum absolute atomic E-state index is 12.3. The highest BCUT2D eigenvalue weighted by atomic mass is 16.6. The van der Waals surface area contributed by atoms with E-state index in [0.717, 1.165) is 19.6 Å². The molecule has 0 aromatic heterocycles. The summed E-state index contributed by atoms with van der Waals surface area (Å²) < 4.78 is 5.70. The minimum atomic E-state index is -0.472. The first kappa shape index (κ1) is 18.4. The predicted octanol–water partition coefficient (Wildman–Crippen LogP) is 1.99. The van der Waals surface area contributed by atoms with Crippen LogP contribution in [0.15, 0.2) is 18.2 Å². The van der Waals surface area contributed by atoms with Crippen molar-refractivity contribution in [2.45, 2.75) is 26.9 Å². The fourth-order valence-electron chi connectivity index (χ4n) is 2.96. The highest BCUT2D eigenvalue weighted by Crippen LogP contribution is 2.21. The summed E-state index contributed by atoms with van der Waals surface area (Å²) in [4.78, 5) is 25.2. The normalized spacial score (nSPS) is 18.6. The quantitative estimate of drug-likeness (QED) is 0.635. The monoisotopic (exact) mass is 335 g/mol. The van der Waals surface area contributed by atoms with Crippen LogP contribution in [0.3, 0.4) is 0 Å². The number of carbonyl (C=O) groups is 1. The molecule has 0 bridgehead atoms. The Hall–Kier alpha value is -1.99. The minimum Gasteiger partial charge on any atom is -0.374 e. The molecule has 132 valence electrons. The highest BCUT2D eigenvalue weighted by Gasteiger charge is 2.23. The summed E-state index contributed by atoms with van der Waals surface area (Å²) in [5, 5.41) is 13.8. The van der Waals surface area contributed by atoms with Crippen molar-refractivity contribution in [3.63, 3.8) is 0 Å². The third-order valence-electron chi connectivity index (χ3n) is 4.08. The Morgan fingerprint density at radius 2 is 2.25 bits per heavy atom. The SMILES string of the molecule is Cc1c(C(=O)NCC2CN(CC(C)C)CCO2)cccc1[N+](=O)[O-]. The van der Waals surface area contributed by atoms with Gasteiger partial charge in [0.05, 0.1) is 17.6 Å². The second-order valence-electron chi connectivity index (χ2n) is 6.56. The highest BCUT2D eigenvalue weighted by molar-refractivity contribution is 5.96. The van der Waals surface area contributed by atoms with Crippen molar-refractivity contribution in [1.29, 1.82) is 0 Å². The number of morpholine rings is 1. The number of hydrogen-bond acceptors (Lipinski definition) is 5. The van der Waals surface area contributed by atoms with E-state index in [0.29, 0.717) is 30.2 Å². The zero-order valence-corrected chi connectivity index (χ0v) is 14.4. The first-order valence-corrected chi connectivity index (χ1v) is 8.24. The van der Waals surface area contributed by atoms with E-state index in [4.69, 9.17) is 4.74 Å². The maximum Gasteiger partial charge on any atom is 0.273 e. The molecular weight excluding hydrogens is 310 g/mol. The lowest BCUT2D eigenvalue weighted by molar-refractivity contribution is -0.385. The number of nitro groups is 1. The lowest BCUT2D eigenvalue weighted by atomic mass is 10.1. The number of ether oxygens (including phenoxy) is 1. The van der Waals surface area contributed by atoms with Gasteiger partial charge in [0.2, 0.25) is 0 Å². The van der Waals surface area contributed by atoms with Crippen LogP contribution in [0.4, 0.5) is 5.69 Å². The molecule has 0 aliphatic carbocycles. The number of nitro benzene ring substituents is 1. The molecule has 2 rings (SSSR count). The van der Waals surface area contributed by atoms with Crippen molar-refractivity contribution < 1.29 is 14.5 Å². The smallest absolute Gasteiger partial charge is 0.273 e. The summed E-state index contributed by atoms with van der Waals surface area (Å²) in [6, 6.07) is 4.53. The Morgan fingerprint density at radius 1 is 1.50 bits per heavy atom. The molecule has 24 heavy (non-hydrogen) atoms. The van der Waals surface area contributed by atoms with E-state index >= 15 is 0 Å². The second-order valence-corrected chi connectivity index (χ2v) is 6.56. The van der Waals surface area contributed by atoms with Gasteiger partial charge in [-0.2, -0.15) is 0 Å². The molecular formula is C17H25N3O4. The number of amides is 1. The first-order chi connectivity index (χ1) is 11.4. The maximum atomic E-state index is 12.3. The molecule has 1 fully saturated rings. The molecule has 7 nitrogen and oxygen atoms in total. The van der Waals surface area contributed by atoms with Gasteiger partial charge in [-0.3, -0.25) is 19.8 Å². The zero-order valence-electron chi connectivity index (χ0n) is 14.4. The van der Waals surface area contributed by atoms with Gasteiger partial charge in [0.1, 0.15) is 0 Å². The Labute approximate surface area is 142 Å². The van der Waals surface area contributed by atoms with E-state index in [2.05, 4.69) is 24.1 Å². The van der Waals surface area contributed by atoms with E-state index in [1.54, 1.807) is 13.0 Å². The van der Waals surface area contributed by atoms with Crippen molar-refractivity contribution in [1.82, 2.24) is 10.2 Å². The van der Waals surface area contributed by atoms with Crippen LogP contribution in [0.1, 0.15) is 29.8 Å². The molecule has 1 saturated heterocycles. The van der Waals surface area contributed by atoms with Crippen LogP contribution in [0.25, 0.3) is 0 Å². The molecule has 1 aromatic carbocycles. The molecule has 1 aromatic rings. The van der Waals surface area contributed by atoms with Gasteiger partial charge in [-0.1, -0.05) is 19.9 Å². The third kappa shape index (κ3) is 4.75. The van der Waals surface area contributed by atoms with Crippen molar-refractivity contribution >= 4 is 11.6 Å². The largest absolute Gasteiger partial charge is 0.374 e. The average molecular weight is 335 g/mol. The van der Waals surface area contributed by atoms with E-state index in [-0.39, 0.29) is 17.7 Å². The zero-order chi connectivity index (χ0) is 17.7. The summed E-state index contributed by atoms with van der Waals surface area (Å²) in [6.45, 7) is 9.71. The van der Waals surface area contributed by atoms with Gasteiger partial charge >= 0.3 is 0 Å². The molecule has 7 heteroatoms. The van der Waals surface area contributed by atoms with Gasteiger partial charge in [0.15, 0.2) is 0 Å². The Morgan fingerprint density at radius 3 is 2.92 bits per heavy atom. The Balaban J connectivity index is 1.94. The van der Waals surface area contributed by atoms with E-state index in [9.17, 15) is 14.9 Å².